The summed E-state index contributed by atoms with van der Waals surface area (Å²) in [6.45, 7) is 3.70. The largest absolute Gasteiger partial charge is 0.452 e. The highest BCUT2D eigenvalue weighted by molar-refractivity contribution is 5.91. The normalized spacial score (nSPS) is 19.2. The number of hydrogen-bond donors (Lipinski definition) is 2. The molecule has 5 heteroatoms. The van der Waals surface area contributed by atoms with Gasteiger partial charge < -0.3 is 15.2 Å². The van der Waals surface area contributed by atoms with Crippen LogP contribution in [0.5, 0.6) is 0 Å². The Morgan fingerprint density at radius 1 is 1.39 bits per heavy atom. The lowest BCUT2D eigenvalue weighted by atomic mass is 10.0. The van der Waals surface area contributed by atoms with E-state index in [0.717, 1.165) is 25.7 Å². The van der Waals surface area contributed by atoms with Crippen LogP contribution in [-0.2, 0) is 14.3 Å². The zero-order valence-corrected chi connectivity index (χ0v) is 14.0. The van der Waals surface area contributed by atoms with Crippen molar-refractivity contribution >= 4 is 11.9 Å². The first-order valence-electron chi connectivity index (χ1n) is 8.24. The third-order valence-electron chi connectivity index (χ3n) is 3.64. The lowest BCUT2D eigenvalue weighted by molar-refractivity contribution is -0.142. The van der Waals surface area contributed by atoms with Gasteiger partial charge in [0.2, 0.25) is 5.91 Å². The third kappa shape index (κ3) is 6.82. The second-order valence-corrected chi connectivity index (χ2v) is 5.56. The number of carbonyl (C=O) groups is 2. The van der Waals surface area contributed by atoms with Gasteiger partial charge in [-0.2, -0.15) is 0 Å². The first-order valence-corrected chi connectivity index (χ1v) is 8.24. The molecule has 0 bridgehead atoms. The number of amides is 1. The molecule has 1 amide bonds. The molecule has 0 saturated heterocycles. The zero-order chi connectivity index (χ0) is 17.1. The summed E-state index contributed by atoms with van der Waals surface area (Å²) >= 11 is 0. The number of ether oxygens (including phenoxy) is 1. The van der Waals surface area contributed by atoms with Gasteiger partial charge in [-0.05, 0) is 25.8 Å². The number of esters is 1. The topological polar surface area (TPSA) is 75.6 Å². The number of nitrogens with one attached hydrogen (secondary N) is 1. The average Bonchev–Trinajstić information content (AvgIpc) is 2.90. The lowest BCUT2D eigenvalue weighted by Crippen LogP contribution is -2.45. The van der Waals surface area contributed by atoms with E-state index in [0.29, 0.717) is 12.0 Å². The number of carbonyl (C=O) groups excluding carboxylic acids is 2. The van der Waals surface area contributed by atoms with Gasteiger partial charge >= 0.3 is 5.97 Å². The minimum atomic E-state index is -0.630. The van der Waals surface area contributed by atoms with Crippen LogP contribution in [0.3, 0.4) is 0 Å². The Morgan fingerprint density at radius 3 is 2.83 bits per heavy atom. The van der Waals surface area contributed by atoms with Crippen molar-refractivity contribution in [1.82, 2.24) is 5.32 Å². The predicted molar refractivity (Wildman–Crippen MR) is 89.7 cm³/mol. The van der Waals surface area contributed by atoms with Crippen LogP contribution in [0, 0.1) is 0 Å². The van der Waals surface area contributed by atoms with Crippen molar-refractivity contribution in [3.8, 4) is 0 Å². The minimum absolute atomic E-state index is 0.291. The van der Waals surface area contributed by atoms with Crippen LogP contribution in [-0.4, -0.2) is 35.7 Å². The van der Waals surface area contributed by atoms with Gasteiger partial charge in [0.05, 0.1) is 12.6 Å². The summed E-state index contributed by atoms with van der Waals surface area (Å²) in [6.07, 6.45) is 12.7. The molecule has 0 aromatic heterocycles. The van der Waals surface area contributed by atoms with Gasteiger partial charge in [0, 0.05) is 11.6 Å². The van der Waals surface area contributed by atoms with E-state index in [1.807, 2.05) is 6.92 Å². The summed E-state index contributed by atoms with van der Waals surface area (Å²) in [5.74, 6) is -0.674. The molecular weight excluding hydrogens is 294 g/mol. The summed E-state index contributed by atoms with van der Waals surface area (Å²) in [6, 6.07) is -0.630. The molecule has 23 heavy (non-hydrogen) atoms. The monoisotopic (exact) mass is 321 g/mol. The summed E-state index contributed by atoms with van der Waals surface area (Å²) in [4.78, 5) is 23.6. The van der Waals surface area contributed by atoms with Crippen molar-refractivity contribution in [2.75, 3.05) is 6.61 Å². The maximum absolute atomic E-state index is 11.9. The quantitative estimate of drug-likeness (QED) is 0.280. The molecule has 1 aliphatic rings. The molecule has 0 aromatic carbocycles. The van der Waals surface area contributed by atoms with E-state index >= 15 is 0 Å². The maximum Gasteiger partial charge on any atom is 0.334 e. The van der Waals surface area contributed by atoms with Crippen molar-refractivity contribution in [3.63, 3.8) is 0 Å². The van der Waals surface area contributed by atoms with Gasteiger partial charge in [0.15, 0.2) is 0 Å². The zero-order valence-electron chi connectivity index (χ0n) is 14.0. The molecule has 1 rings (SSSR count). The Bertz CT molecular complexity index is 479. The molecule has 5 nitrogen and oxygen atoms in total. The molecule has 0 saturated carbocycles. The van der Waals surface area contributed by atoms with Crippen LogP contribution >= 0.6 is 0 Å². The highest BCUT2D eigenvalue weighted by Gasteiger charge is 2.31. The average molecular weight is 321 g/mol. The van der Waals surface area contributed by atoms with Crippen molar-refractivity contribution in [2.24, 2.45) is 0 Å². The third-order valence-corrected chi connectivity index (χ3v) is 3.64. The first-order chi connectivity index (χ1) is 11.1. The molecule has 1 aliphatic heterocycles. The molecule has 2 atom stereocenters. The van der Waals surface area contributed by atoms with Gasteiger partial charge in [0.1, 0.15) is 6.10 Å². The van der Waals surface area contributed by atoms with Crippen molar-refractivity contribution in [2.45, 2.75) is 58.1 Å². The summed E-state index contributed by atoms with van der Waals surface area (Å²) in [7, 11) is 0. The van der Waals surface area contributed by atoms with Gasteiger partial charge in [-0.1, -0.05) is 44.4 Å². The Balaban J connectivity index is 2.56. The van der Waals surface area contributed by atoms with Gasteiger partial charge in [-0.15, -0.1) is 0 Å². The molecule has 0 aromatic rings. The van der Waals surface area contributed by atoms with E-state index in [1.54, 1.807) is 24.3 Å². The first kappa shape index (κ1) is 19.2. The smallest absolute Gasteiger partial charge is 0.334 e. The van der Waals surface area contributed by atoms with Crippen molar-refractivity contribution in [3.05, 3.63) is 36.0 Å². The number of rotatable bonds is 10. The summed E-state index contributed by atoms with van der Waals surface area (Å²) in [5, 5.41) is 12.1. The molecule has 0 aliphatic carbocycles. The van der Waals surface area contributed by atoms with E-state index in [1.165, 1.54) is 6.08 Å². The Kier molecular flexibility index (Phi) is 8.98. The highest BCUT2D eigenvalue weighted by atomic mass is 16.5. The van der Waals surface area contributed by atoms with E-state index in [-0.39, 0.29) is 18.5 Å². The van der Waals surface area contributed by atoms with E-state index in [9.17, 15) is 14.7 Å². The fourth-order valence-electron chi connectivity index (χ4n) is 2.34. The standard InChI is InChI=1S/C18H27NO4/c1-3-5-7-9-10-14-12-16(23-18(14)22)15(13-20)19-17(21)11-8-6-4-2/h4,6,8,11-12,15-16,20H,3,5,7,9-10,13H2,1-2H3,(H,19,21)/b6-4+,11-8+/t15-,16+/m0/s1. The van der Waals surface area contributed by atoms with Crippen molar-refractivity contribution < 1.29 is 19.4 Å². The van der Waals surface area contributed by atoms with E-state index in [2.05, 4.69) is 12.2 Å². The van der Waals surface area contributed by atoms with Crippen LogP contribution in [0.2, 0.25) is 0 Å². The number of unbranched alkanes of at least 4 members (excludes halogenated alkanes) is 3. The second-order valence-electron chi connectivity index (χ2n) is 5.56. The van der Waals surface area contributed by atoms with Gasteiger partial charge in [0.25, 0.3) is 0 Å². The van der Waals surface area contributed by atoms with Crippen LogP contribution in [0.15, 0.2) is 36.0 Å². The minimum Gasteiger partial charge on any atom is -0.452 e. The van der Waals surface area contributed by atoms with Crippen molar-refractivity contribution in [1.29, 1.82) is 0 Å². The lowest BCUT2D eigenvalue weighted by Gasteiger charge is -2.19. The Morgan fingerprint density at radius 2 is 2.17 bits per heavy atom. The predicted octanol–water partition coefficient (Wildman–Crippen LogP) is 2.42. The Hall–Kier alpha value is -1.88. The SMILES string of the molecule is C/C=C/C=C/C(=O)N[C@@H](CO)[C@H]1C=C(CCCCCC)C(=O)O1. The molecule has 0 unspecified atom stereocenters. The molecular formula is C18H27NO4. The molecule has 2 N–H and O–H groups in total. The summed E-state index contributed by atoms with van der Waals surface area (Å²) in [5.41, 5.74) is 0.642. The maximum atomic E-state index is 11.9. The molecule has 0 spiro atoms. The van der Waals surface area contributed by atoms with E-state index < -0.39 is 12.1 Å². The van der Waals surface area contributed by atoms with Crippen LogP contribution in [0.1, 0.15) is 46.0 Å². The number of allylic oxidation sites excluding steroid dienone is 3. The molecule has 128 valence electrons. The number of cyclic esters (lactones) is 1. The highest BCUT2D eigenvalue weighted by Crippen LogP contribution is 2.21. The fourth-order valence-corrected chi connectivity index (χ4v) is 2.34. The Labute approximate surface area is 138 Å². The number of aliphatic hydroxyl groups excluding tert-OH is 1. The van der Waals surface area contributed by atoms with Gasteiger partial charge in [-0.3, -0.25) is 4.79 Å². The van der Waals surface area contributed by atoms with Crippen LogP contribution in [0.25, 0.3) is 0 Å². The summed E-state index contributed by atoms with van der Waals surface area (Å²) < 4.78 is 5.27. The van der Waals surface area contributed by atoms with Crippen LogP contribution < -0.4 is 5.32 Å². The van der Waals surface area contributed by atoms with Gasteiger partial charge in [-0.25, -0.2) is 4.79 Å². The molecule has 0 radical (unpaired) electrons. The molecule has 0 fully saturated rings. The van der Waals surface area contributed by atoms with Crippen LogP contribution in [0.4, 0.5) is 0 Å². The second kappa shape index (κ2) is 10.8. The number of aliphatic hydroxyl groups is 1. The molecule has 1 heterocycles. The fraction of sp³-hybridized carbons (Fsp3) is 0.556. The van der Waals surface area contributed by atoms with E-state index in [4.69, 9.17) is 4.74 Å². The number of hydrogen-bond acceptors (Lipinski definition) is 4.